The van der Waals surface area contributed by atoms with Crippen molar-refractivity contribution < 1.29 is 18.6 Å². The second kappa shape index (κ2) is 7.46. The van der Waals surface area contributed by atoms with Crippen LogP contribution in [-0.2, 0) is 0 Å². The molecule has 7 nitrogen and oxygen atoms in total. The minimum atomic E-state index is -0.756. The molecule has 0 saturated carbocycles. The SMILES string of the molecule is CCCOc1cc(OC)ccc1[C@H]1C(C#N)=C(N)Oc2oc(C)cc(=O)c21. The maximum atomic E-state index is 12.7. The molecule has 1 aromatic heterocycles. The summed E-state index contributed by atoms with van der Waals surface area (Å²) in [6, 6.07) is 8.64. The lowest BCUT2D eigenvalue weighted by molar-refractivity contribution is 0.273. The van der Waals surface area contributed by atoms with E-state index in [9.17, 15) is 10.1 Å². The zero-order chi connectivity index (χ0) is 19.6. The van der Waals surface area contributed by atoms with Crippen LogP contribution in [0.1, 0.15) is 36.1 Å². The van der Waals surface area contributed by atoms with Crippen LogP contribution in [0.15, 0.2) is 44.9 Å². The highest BCUT2D eigenvalue weighted by atomic mass is 16.6. The number of nitrogens with zero attached hydrogens (tertiary/aromatic N) is 1. The fourth-order valence-corrected chi connectivity index (χ4v) is 3.02. The number of nitriles is 1. The molecule has 0 unspecified atom stereocenters. The Labute approximate surface area is 156 Å². The van der Waals surface area contributed by atoms with Gasteiger partial charge in [-0.3, -0.25) is 4.79 Å². The summed E-state index contributed by atoms with van der Waals surface area (Å²) in [5, 5.41) is 9.67. The van der Waals surface area contributed by atoms with Crippen molar-refractivity contribution >= 4 is 0 Å². The molecule has 2 aromatic rings. The van der Waals surface area contributed by atoms with Gasteiger partial charge in [0.1, 0.15) is 28.9 Å². The van der Waals surface area contributed by atoms with Crippen LogP contribution < -0.4 is 25.4 Å². The summed E-state index contributed by atoms with van der Waals surface area (Å²) in [6.07, 6.45) is 0.797. The molecule has 2 N–H and O–H groups in total. The molecule has 0 radical (unpaired) electrons. The molecule has 7 heteroatoms. The molecule has 0 aliphatic carbocycles. The molecule has 2 heterocycles. The predicted molar refractivity (Wildman–Crippen MR) is 97.8 cm³/mol. The van der Waals surface area contributed by atoms with Gasteiger partial charge in [0, 0.05) is 17.7 Å². The van der Waals surface area contributed by atoms with Crippen LogP contribution in [-0.4, -0.2) is 13.7 Å². The first-order chi connectivity index (χ1) is 13.0. The summed E-state index contributed by atoms with van der Waals surface area (Å²) in [6.45, 7) is 4.10. The smallest absolute Gasteiger partial charge is 0.299 e. The van der Waals surface area contributed by atoms with Crippen molar-refractivity contribution in [2.24, 2.45) is 5.73 Å². The van der Waals surface area contributed by atoms with E-state index < -0.39 is 5.92 Å². The van der Waals surface area contributed by atoms with Gasteiger partial charge in [-0.2, -0.15) is 5.26 Å². The Morgan fingerprint density at radius 3 is 2.78 bits per heavy atom. The first-order valence-corrected chi connectivity index (χ1v) is 8.53. The summed E-state index contributed by atoms with van der Waals surface area (Å²) >= 11 is 0. The molecule has 1 aliphatic rings. The topological polar surface area (TPSA) is 108 Å². The predicted octanol–water partition coefficient (Wildman–Crippen LogP) is 2.96. The van der Waals surface area contributed by atoms with E-state index in [1.165, 1.54) is 6.07 Å². The van der Waals surface area contributed by atoms with Gasteiger partial charge in [-0.25, -0.2) is 0 Å². The average molecular weight is 368 g/mol. The monoisotopic (exact) mass is 368 g/mol. The first-order valence-electron chi connectivity index (χ1n) is 8.53. The number of allylic oxidation sites excluding steroid dienone is 1. The van der Waals surface area contributed by atoms with E-state index in [2.05, 4.69) is 6.07 Å². The lowest BCUT2D eigenvalue weighted by Crippen LogP contribution is -2.26. The van der Waals surface area contributed by atoms with Crippen LogP contribution in [0.25, 0.3) is 0 Å². The van der Waals surface area contributed by atoms with Crippen LogP contribution in [0.3, 0.4) is 0 Å². The minimum absolute atomic E-state index is 0.00115. The van der Waals surface area contributed by atoms with Crippen molar-refractivity contribution in [3.63, 3.8) is 0 Å². The van der Waals surface area contributed by atoms with Gasteiger partial charge in [-0.05, 0) is 19.4 Å². The Morgan fingerprint density at radius 1 is 1.33 bits per heavy atom. The van der Waals surface area contributed by atoms with Crippen molar-refractivity contribution in [2.75, 3.05) is 13.7 Å². The molecule has 1 aliphatic heterocycles. The van der Waals surface area contributed by atoms with Crippen molar-refractivity contribution in [3.05, 3.63) is 62.8 Å². The summed E-state index contributed by atoms with van der Waals surface area (Å²) in [7, 11) is 1.55. The van der Waals surface area contributed by atoms with Gasteiger partial charge in [0.2, 0.25) is 5.88 Å². The molecule has 0 saturated heterocycles. The van der Waals surface area contributed by atoms with Gasteiger partial charge in [-0.1, -0.05) is 13.0 Å². The van der Waals surface area contributed by atoms with E-state index >= 15 is 0 Å². The largest absolute Gasteiger partial charge is 0.497 e. The Hall–Kier alpha value is -3.40. The molecule has 1 aromatic carbocycles. The number of hydrogen-bond donors (Lipinski definition) is 1. The molecule has 140 valence electrons. The first kappa shape index (κ1) is 18.4. The lowest BCUT2D eigenvalue weighted by atomic mass is 9.84. The molecule has 0 spiro atoms. The molecule has 27 heavy (non-hydrogen) atoms. The highest BCUT2D eigenvalue weighted by Gasteiger charge is 2.36. The third-order valence-corrected chi connectivity index (χ3v) is 4.23. The normalized spacial score (nSPS) is 15.6. The van der Waals surface area contributed by atoms with Gasteiger partial charge in [0.05, 0.1) is 25.2 Å². The van der Waals surface area contributed by atoms with E-state index in [4.69, 9.17) is 24.4 Å². The summed E-state index contributed by atoms with van der Waals surface area (Å²) in [5.74, 6) is 0.647. The number of benzene rings is 1. The minimum Gasteiger partial charge on any atom is -0.497 e. The van der Waals surface area contributed by atoms with Crippen LogP contribution >= 0.6 is 0 Å². The standard InChI is InChI=1S/C20H20N2O5/c1-4-7-25-16-9-12(24-3)5-6-13(16)17-14(10-21)19(22)27-20-18(17)15(23)8-11(2)26-20/h5-6,8-9,17H,4,7,22H2,1-3H3/t17-/m0/s1. The fourth-order valence-electron chi connectivity index (χ4n) is 3.02. The van der Waals surface area contributed by atoms with Crippen LogP contribution in [0.4, 0.5) is 0 Å². The van der Waals surface area contributed by atoms with Crippen molar-refractivity contribution in [3.8, 4) is 23.5 Å². The second-order valence-electron chi connectivity index (χ2n) is 6.10. The number of ether oxygens (including phenoxy) is 3. The van der Waals surface area contributed by atoms with E-state index in [1.807, 2.05) is 6.92 Å². The van der Waals surface area contributed by atoms with Crippen LogP contribution in [0, 0.1) is 18.3 Å². The third-order valence-electron chi connectivity index (χ3n) is 4.23. The number of methoxy groups -OCH3 is 1. The van der Waals surface area contributed by atoms with Crippen LogP contribution in [0.5, 0.6) is 17.4 Å². The maximum absolute atomic E-state index is 12.7. The molecular formula is C20H20N2O5. The van der Waals surface area contributed by atoms with E-state index in [0.29, 0.717) is 29.4 Å². The van der Waals surface area contributed by atoms with Crippen molar-refractivity contribution in [1.82, 2.24) is 0 Å². The molecule has 0 amide bonds. The Bertz CT molecular complexity index is 1000. The summed E-state index contributed by atoms with van der Waals surface area (Å²) in [5.41, 5.74) is 6.62. The van der Waals surface area contributed by atoms with Gasteiger partial charge >= 0.3 is 0 Å². The number of rotatable bonds is 5. The lowest BCUT2D eigenvalue weighted by Gasteiger charge is -2.26. The molecule has 0 fully saturated rings. The molecule has 0 bridgehead atoms. The quantitative estimate of drug-likeness (QED) is 0.864. The van der Waals surface area contributed by atoms with E-state index in [1.54, 1.807) is 32.2 Å². The van der Waals surface area contributed by atoms with E-state index in [0.717, 1.165) is 6.42 Å². The molecule has 3 rings (SSSR count). The Morgan fingerprint density at radius 2 is 2.11 bits per heavy atom. The van der Waals surface area contributed by atoms with Crippen molar-refractivity contribution in [2.45, 2.75) is 26.2 Å². The van der Waals surface area contributed by atoms with Gasteiger partial charge in [-0.15, -0.1) is 0 Å². The Balaban J connectivity index is 2.27. The summed E-state index contributed by atoms with van der Waals surface area (Å²) < 4.78 is 22.1. The highest BCUT2D eigenvalue weighted by molar-refractivity contribution is 5.57. The average Bonchev–Trinajstić information content (AvgIpc) is 2.64. The number of nitrogens with two attached hydrogens (primary N) is 1. The second-order valence-corrected chi connectivity index (χ2v) is 6.10. The molecular weight excluding hydrogens is 348 g/mol. The molecule has 1 atom stereocenters. The van der Waals surface area contributed by atoms with Crippen molar-refractivity contribution in [1.29, 1.82) is 5.26 Å². The zero-order valence-corrected chi connectivity index (χ0v) is 15.4. The summed E-state index contributed by atoms with van der Waals surface area (Å²) in [4.78, 5) is 12.7. The van der Waals surface area contributed by atoms with Gasteiger partial charge < -0.3 is 24.4 Å². The van der Waals surface area contributed by atoms with Crippen LogP contribution in [0.2, 0.25) is 0 Å². The maximum Gasteiger partial charge on any atom is 0.299 e. The third kappa shape index (κ3) is 3.34. The van der Waals surface area contributed by atoms with Gasteiger partial charge in [0.25, 0.3) is 5.95 Å². The highest BCUT2D eigenvalue weighted by Crippen LogP contribution is 2.44. The fraction of sp³-hybridized carbons (Fsp3) is 0.300. The zero-order valence-electron chi connectivity index (χ0n) is 15.4. The number of fused-ring (bicyclic) bond motifs is 1. The Kier molecular flexibility index (Phi) is 5.08. The van der Waals surface area contributed by atoms with Gasteiger partial charge in [0.15, 0.2) is 5.43 Å². The number of hydrogen-bond acceptors (Lipinski definition) is 7. The number of aryl methyl sites for hydroxylation is 1. The van der Waals surface area contributed by atoms with E-state index in [-0.39, 0.29) is 28.4 Å².